The second-order valence-electron chi connectivity index (χ2n) is 6.13. The number of hydrogen-bond donors (Lipinski definition) is 1. The van der Waals surface area contributed by atoms with Crippen LogP contribution in [0.5, 0.6) is 5.75 Å². The van der Waals surface area contributed by atoms with Crippen molar-refractivity contribution >= 4 is 11.3 Å². The van der Waals surface area contributed by atoms with Crippen LogP contribution in [0.4, 0.5) is 0 Å². The zero-order chi connectivity index (χ0) is 15.5. The van der Waals surface area contributed by atoms with E-state index < -0.39 is 6.10 Å². The van der Waals surface area contributed by atoms with E-state index in [0.717, 1.165) is 22.0 Å². The molecule has 0 aliphatic carbocycles. The molecule has 0 radical (unpaired) electrons. The standard InChI is InChI=1S/C17H23NO2S/c1-5-13(19)12-8-6-7-9-14(12)20-10-16-18-15(11-21-16)17(2,3)4/h6-9,11,13,19H,5,10H2,1-4H3/t13-/m1/s1. The van der Waals surface area contributed by atoms with Crippen molar-refractivity contribution in [3.63, 3.8) is 0 Å². The summed E-state index contributed by atoms with van der Waals surface area (Å²) in [6.07, 6.45) is 0.189. The maximum Gasteiger partial charge on any atom is 0.140 e. The molecule has 0 aliphatic heterocycles. The predicted molar refractivity (Wildman–Crippen MR) is 86.8 cm³/mol. The van der Waals surface area contributed by atoms with Gasteiger partial charge >= 0.3 is 0 Å². The first-order valence-corrected chi connectivity index (χ1v) is 8.14. The van der Waals surface area contributed by atoms with E-state index in [1.54, 1.807) is 11.3 Å². The number of aliphatic hydroxyl groups excluding tert-OH is 1. The van der Waals surface area contributed by atoms with Gasteiger partial charge in [-0.05, 0) is 12.5 Å². The molecule has 0 aliphatic rings. The lowest BCUT2D eigenvalue weighted by Gasteiger charge is -2.15. The Kier molecular flexibility index (Phi) is 5.01. The average molecular weight is 305 g/mol. The van der Waals surface area contributed by atoms with Gasteiger partial charge in [0.15, 0.2) is 0 Å². The number of thiazole rings is 1. The van der Waals surface area contributed by atoms with Gasteiger partial charge in [0.2, 0.25) is 0 Å². The lowest BCUT2D eigenvalue weighted by Crippen LogP contribution is -2.11. The van der Waals surface area contributed by atoms with Gasteiger partial charge in [-0.15, -0.1) is 11.3 Å². The Hall–Kier alpha value is -1.39. The average Bonchev–Trinajstić information content (AvgIpc) is 2.93. The summed E-state index contributed by atoms with van der Waals surface area (Å²) in [7, 11) is 0. The molecule has 114 valence electrons. The summed E-state index contributed by atoms with van der Waals surface area (Å²) < 4.78 is 5.86. The van der Waals surface area contributed by atoms with Gasteiger partial charge < -0.3 is 9.84 Å². The Morgan fingerprint density at radius 1 is 1.29 bits per heavy atom. The molecule has 0 saturated carbocycles. The molecule has 1 aromatic carbocycles. The van der Waals surface area contributed by atoms with Crippen LogP contribution < -0.4 is 4.74 Å². The van der Waals surface area contributed by atoms with Crippen LogP contribution >= 0.6 is 11.3 Å². The molecule has 2 rings (SSSR count). The fourth-order valence-electron chi connectivity index (χ4n) is 1.97. The topological polar surface area (TPSA) is 42.4 Å². The fraction of sp³-hybridized carbons (Fsp3) is 0.471. The van der Waals surface area contributed by atoms with Crippen molar-refractivity contribution in [1.82, 2.24) is 4.98 Å². The highest BCUT2D eigenvalue weighted by Gasteiger charge is 2.18. The minimum Gasteiger partial charge on any atom is -0.486 e. The van der Waals surface area contributed by atoms with Crippen molar-refractivity contribution in [2.45, 2.75) is 52.2 Å². The highest BCUT2D eigenvalue weighted by atomic mass is 32.1. The van der Waals surface area contributed by atoms with Gasteiger partial charge in [0.25, 0.3) is 0 Å². The van der Waals surface area contributed by atoms with E-state index in [4.69, 9.17) is 4.74 Å². The predicted octanol–water partition coefficient (Wildman–Crippen LogP) is 4.46. The molecule has 0 unspecified atom stereocenters. The molecule has 0 amide bonds. The minimum absolute atomic E-state index is 0.0606. The maximum atomic E-state index is 10.0. The molecule has 0 fully saturated rings. The SMILES string of the molecule is CC[C@@H](O)c1ccccc1OCc1nc(C(C)(C)C)cs1. The summed E-state index contributed by atoms with van der Waals surface area (Å²) in [6, 6.07) is 7.64. The first-order chi connectivity index (χ1) is 9.91. The van der Waals surface area contributed by atoms with Gasteiger partial charge in [0.1, 0.15) is 17.4 Å². The van der Waals surface area contributed by atoms with Crippen molar-refractivity contribution in [2.24, 2.45) is 0 Å². The van der Waals surface area contributed by atoms with Crippen molar-refractivity contribution in [3.8, 4) is 5.75 Å². The third-order valence-electron chi connectivity index (χ3n) is 3.34. The molecule has 0 bridgehead atoms. The number of benzene rings is 1. The molecule has 1 heterocycles. The normalized spacial score (nSPS) is 13.2. The molecular weight excluding hydrogens is 282 g/mol. The van der Waals surface area contributed by atoms with Crippen LogP contribution in [-0.4, -0.2) is 10.1 Å². The number of para-hydroxylation sites is 1. The Bertz CT molecular complexity index is 586. The zero-order valence-electron chi connectivity index (χ0n) is 13.1. The van der Waals surface area contributed by atoms with E-state index in [0.29, 0.717) is 13.0 Å². The minimum atomic E-state index is -0.484. The molecule has 21 heavy (non-hydrogen) atoms. The van der Waals surface area contributed by atoms with E-state index in [2.05, 4.69) is 31.1 Å². The molecule has 4 heteroatoms. The van der Waals surface area contributed by atoms with Crippen LogP contribution in [0, 0.1) is 0 Å². The fourth-order valence-corrected chi connectivity index (χ4v) is 2.90. The zero-order valence-corrected chi connectivity index (χ0v) is 13.9. The summed E-state index contributed by atoms with van der Waals surface area (Å²) in [4.78, 5) is 4.62. The first kappa shape index (κ1) is 16.0. The van der Waals surface area contributed by atoms with Crippen LogP contribution in [0.1, 0.15) is 56.5 Å². The molecule has 1 N–H and O–H groups in total. The van der Waals surface area contributed by atoms with Crippen molar-refractivity contribution in [1.29, 1.82) is 0 Å². The van der Waals surface area contributed by atoms with Crippen LogP contribution in [0.2, 0.25) is 0 Å². The lowest BCUT2D eigenvalue weighted by molar-refractivity contribution is 0.166. The number of ether oxygens (including phenoxy) is 1. The summed E-state index contributed by atoms with van der Waals surface area (Å²) in [6.45, 7) is 8.85. The highest BCUT2D eigenvalue weighted by Crippen LogP contribution is 2.29. The number of nitrogens with zero attached hydrogens (tertiary/aromatic N) is 1. The van der Waals surface area contributed by atoms with Gasteiger partial charge in [-0.1, -0.05) is 45.9 Å². The van der Waals surface area contributed by atoms with Crippen LogP contribution in [-0.2, 0) is 12.0 Å². The number of rotatable bonds is 5. The van der Waals surface area contributed by atoms with E-state index in [9.17, 15) is 5.11 Å². The van der Waals surface area contributed by atoms with Crippen molar-refractivity contribution in [2.75, 3.05) is 0 Å². The summed E-state index contributed by atoms with van der Waals surface area (Å²) in [5, 5.41) is 13.1. The van der Waals surface area contributed by atoms with Gasteiger partial charge in [0, 0.05) is 16.4 Å². The molecule has 0 saturated heterocycles. The Labute approximate surface area is 130 Å². The Balaban J connectivity index is 2.08. The summed E-state index contributed by atoms with van der Waals surface area (Å²) in [5.41, 5.74) is 1.99. The van der Waals surface area contributed by atoms with Crippen molar-refractivity contribution in [3.05, 3.63) is 45.9 Å². The quantitative estimate of drug-likeness (QED) is 0.886. The van der Waals surface area contributed by atoms with E-state index >= 15 is 0 Å². The first-order valence-electron chi connectivity index (χ1n) is 7.26. The number of aromatic nitrogens is 1. The maximum absolute atomic E-state index is 10.0. The van der Waals surface area contributed by atoms with Crippen molar-refractivity contribution < 1.29 is 9.84 Å². The van der Waals surface area contributed by atoms with Gasteiger partial charge in [-0.2, -0.15) is 0 Å². The molecule has 2 aromatic rings. The summed E-state index contributed by atoms with van der Waals surface area (Å²) in [5.74, 6) is 0.736. The Morgan fingerprint density at radius 3 is 2.62 bits per heavy atom. The number of hydrogen-bond acceptors (Lipinski definition) is 4. The van der Waals surface area contributed by atoms with Gasteiger partial charge in [-0.25, -0.2) is 4.98 Å². The molecular formula is C17H23NO2S. The van der Waals surface area contributed by atoms with E-state index in [1.807, 2.05) is 31.2 Å². The second kappa shape index (κ2) is 6.58. The molecule has 0 spiro atoms. The monoisotopic (exact) mass is 305 g/mol. The van der Waals surface area contributed by atoms with Crippen LogP contribution in [0.3, 0.4) is 0 Å². The van der Waals surface area contributed by atoms with E-state index in [-0.39, 0.29) is 5.41 Å². The summed E-state index contributed by atoms with van der Waals surface area (Å²) >= 11 is 1.62. The van der Waals surface area contributed by atoms with Gasteiger partial charge in [0.05, 0.1) is 11.8 Å². The third-order valence-corrected chi connectivity index (χ3v) is 4.16. The van der Waals surface area contributed by atoms with Crippen LogP contribution in [0.25, 0.3) is 0 Å². The second-order valence-corrected chi connectivity index (χ2v) is 7.07. The smallest absolute Gasteiger partial charge is 0.140 e. The van der Waals surface area contributed by atoms with Crippen LogP contribution in [0.15, 0.2) is 29.6 Å². The molecule has 1 atom stereocenters. The van der Waals surface area contributed by atoms with Gasteiger partial charge in [-0.3, -0.25) is 0 Å². The molecule has 3 nitrogen and oxygen atoms in total. The highest BCUT2D eigenvalue weighted by molar-refractivity contribution is 7.09. The Morgan fingerprint density at radius 2 is 2.00 bits per heavy atom. The molecule has 1 aromatic heterocycles. The number of aliphatic hydroxyl groups is 1. The third kappa shape index (κ3) is 4.05. The largest absolute Gasteiger partial charge is 0.486 e. The van der Waals surface area contributed by atoms with E-state index in [1.165, 1.54) is 0 Å². The lowest BCUT2D eigenvalue weighted by atomic mass is 9.93.